The maximum Gasteiger partial charge on any atom is 0.330 e. The third-order valence-corrected chi connectivity index (χ3v) is 1.76. The molecule has 0 amide bonds. The van der Waals surface area contributed by atoms with Crippen LogP contribution in [0.1, 0.15) is 26.5 Å². The van der Waals surface area contributed by atoms with Gasteiger partial charge in [-0.2, -0.15) is 0 Å². The molecule has 0 aromatic carbocycles. The van der Waals surface area contributed by atoms with Gasteiger partial charge >= 0.3 is 11.9 Å². The average molecular weight is 291 g/mol. The van der Waals surface area contributed by atoms with Crippen LogP contribution in [0.15, 0.2) is 54.8 Å². The molecule has 0 bridgehead atoms. The fourth-order valence-corrected chi connectivity index (χ4v) is 0.645. The Balaban J connectivity index is 0. The van der Waals surface area contributed by atoms with Gasteiger partial charge in [-0.3, -0.25) is 4.98 Å². The molecule has 0 radical (unpaired) electrons. The Hall–Kier alpha value is -2.69. The molecule has 5 nitrogen and oxygen atoms in total. The number of nitrogens with zero attached hydrogens (tertiary/aromatic N) is 1. The van der Waals surface area contributed by atoms with Gasteiger partial charge in [0.05, 0.1) is 5.69 Å². The summed E-state index contributed by atoms with van der Waals surface area (Å²) in [6.07, 6.45) is 5.73. The maximum atomic E-state index is 9.60. The number of hydrogen-bond donors (Lipinski definition) is 2. The molecule has 0 fully saturated rings. The van der Waals surface area contributed by atoms with Gasteiger partial charge in [0.2, 0.25) is 0 Å². The lowest BCUT2D eigenvalue weighted by molar-refractivity contribution is -0.133. The molecule has 0 unspecified atom stereocenters. The van der Waals surface area contributed by atoms with Gasteiger partial charge < -0.3 is 10.2 Å². The summed E-state index contributed by atoms with van der Waals surface area (Å²) in [7, 11) is 0. The molecule has 1 aromatic rings. The number of aromatic nitrogens is 1. The van der Waals surface area contributed by atoms with E-state index in [1.165, 1.54) is 13.8 Å². The minimum atomic E-state index is -0.935. The van der Waals surface area contributed by atoms with Crippen LogP contribution in [0.4, 0.5) is 0 Å². The van der Waals surface area contributed by atoms with Crippen LogP contribution in [0.3, 0.4) is 0 Å². The van der Waals surface area contributed by atoms with E-state index in [0.29, 0.717) is 0 Å². The van der Waals surface area contributed by atoms with E-state index in [4.69, 9.17) is 10.2 Å². The molecule has 1 aromatic heterocycles. The number of carbonyl (C=O) groups is 2. The zero-order valence-corrected chi connectivity index (χ0v) is 12.5. The van der Waals surface area contributed by atoms with Crippen LogP contribution in [-0.2, 0) is 9.59 Å². The van der Waals surface area contributed by atoms with Crippen LogP contribution < -0.4 is 0 Å². The molecule has 0 atom stereocenters. The summed E-state index contributed by atoms with van der Waals surface area (Å²) >= 11 is 0. The average Bonchev–Trinajstić information content (AvgIpc) is 2.41. The topological polar surface area (TPSA) is 87.5 Å². The first-order valence-electron chi connectivity index (χ1n) is 6.03. The molecule has 0 saturated heterocycles. The monoisotopic (exact) mass is 291 g/mol. The predicted octanol–water partition coefficient (Wildman–Crippen LogP) is 3.41. The number of hydrogen-bond acceptors (Lipinski definition) is 3. The summed E-state index contributed by atoms with van der Waals surface area (Å²) < 4.78 is 0. The Morgan fingerprint density at radius 3 is 1.76 bits per heavy atom. The van der Waals surface area contributed by atoms with E-state index in [-0.39, 0.29) is 11.1 Å². The molecule has 1 rings (SSSR count). The fraction of sp³-hybridized carbons (Fsp3) is 0.188. The van der Waals surface area contributed by atoms with Crippen LogP contribution in [-0.4, -0.2) is 27.1 Å². The normalized spacial score (nSPS) is 8.71. The molecule has 0 aliphatic heterocycles. The van der Waals surface area contributed by atoms with Crippen LogP contribution in [0.2, 0.25) is 0 Å². The van der Waals surface area contributed by atoms with Crippen LogP contribution in [0.5, 0.6) is 0 Å². The first-order chi connectivity index (χ1) is 9.72. The van der Waals surface area contributed by atoms with Crippen LogP contribution >= 0.6 is 0 Å². The number of aliphatic carboxylic acids is 2. The number of carboxylic acids is 2. The van der Waals surface area contributed by atoms with E-state index >= 15 is 0 Å². The van der Waals surface area contributed by atoms with Gasteiger partial charge in [0, 0.05) is 17.3 Å². The SMILES string of the molecule is C=C(C)C(=O)O.C=C(C)C(=O)O.CC=Cc1ccccn1. The minimum Gasteiger partial charge on any atom is -0.478 e. The Morgan fingerprint density at radius 1 is 1.10 bits per heavy atom. The lowest BCUT2D eigenvalue weighted by Gasteiger charge is -1.86. The van der Waals surface area contributed by atoms with Crippen molar-refractivity contribution < 1.29 is 19.8 Å². The second kappa shape index (κ2) is 12.3. The van der Waals surface area contributed by atoms with Crippen molar-refractivity contribution in [1.82, 2.24) is 4.98 Å². The van der Waals surface area contributed by atoms with Crippen molar-refractivity contribution >= 4 is 18.0 Å². The van der Waals surface area contributed by atoms with Gasteiger partial charge in [-0.15, -0.1) is 0 Å². The van der Waals surface area contributed by atoms with Gasteiger partial charge in [-0.05, 0) is 39.0 Å². The summed E-state index contributed by atoms with van der Waals surface area (Å²) in [4.78, 5) is 23.3. The number of carboxylic acid groups (broad SMARTS) is 2. The molecule has 5 heteroatoms. The van der Waals surface area contributed by atoms with Crippen LogP contribution in [0.25, 0.3) is 6.08 Å². The first kappa shape index (κ1) is 20.6. The second-order valence-electron chi connectivity index (χ2n) is 3.93. The molecular weight excluding hydrogens is 270 g/mol. The quantitative estimate of drug-likeness (QED) is 0.833. The zero-order valence-electron chi connectivity index (χ0n) is 12.5. The molecule has 1 heterocycles. The van der Waals surface area contributed by atoms with Crippen molar-refractivity contribution in [2.24, 2.45) is 0 Å². The van der Waals surface area contributed by atoms with Crippen molar-refractivity contribution in [2.75, 3.05) is 0 Å². The van der Waals surface area contributed by atoms with Crippen molar-refractivity contribution in [1.29, 1.82) is 0 Å². The largest absolute Gasteiger partial charge is 0.478 e. The highest BCUT2D eigenvalue weighted by molar-refractivity contribution is 5.85. The van der Waals surface area contributed by atoms with E-state index in [9.17, 15) is 9.59 Å². The molecule has 114 valence electrons. The molecule has 2 N–H and O–H groups in total. The zero-order chi connectivity index (χ0) is 16.8. The van der Waals surface area contributed by atoms with Gasteiger partial charge in [-0.25, -0.2) is 9.59 Å². The summed E-state index contributed by atoms with van der Waals surface area (Å²) in [6, 6.07) is 5.86. The van der Waals surface area contributed by atoms with E-state index in [0.717, 1.165) is 5.69 Å². The standard InChI is InChI=1S/C8H9N.2C4H6O2/c1-2-5-8-6-3-4-7-9-8;2*1-3(2)4(5)6/h2-7H,1H3;2*1H2,2H3,(H,5,6). The van der Waals surface area contributed by atoms with E-state index in [1.807, 2.05) is 37.3 Å². The van der Waals surface area contributed by atoms with Gasteiger partial charge in [0.15, 0.2) is 0 Å². The third kappa shape index (κ3) is 15.3. The number of rotatable bonds is 3. The molecule has 0 aliphatic rings. The van der Waals surface area contributed by atoms with E-state index < -0.39 is 11.9 Å². The minimum absolute atomic E-state index is 0.176. The van der Waals surface area contributed by atoms with Crippen LogP contribution in [0, 0.1) is 0 Å². The first-order valence-corrected chi connectivity index (χ1v) is 6.03. The second-order valence-corrected chi connectivity index (χ2v) is 3.93. The van der Waals surface area contributed by atoms with Gasteiger partial charge in [0.1, 0.15) is 0 Å². The van der Waals surface area contributed by atoms with Crippen molar-refractivity contribution in [2.45, 2.75) is 20.8 Å². The Bertz CT molecular complexity index is 456. The van der Waals surface area contributed by atoms with Crippen molar-refractivity contribution in [3.63, 3.8) is 0 Å². The molecule has 0 spiro atoms. The highest BCUT2D eigenvalue weighted by atomic mass is 16.4. The van der Waals surface area contributed by atoms with E-state index in [1.54, 1.807) is 6.20 Å². The molecule has 0 aliphatic carbocycles. The Kier molecular flexibility index (Phi) is 12.1. The number of pyridine rings is 1. The Morgan fingerprint density at radius 2 is 1.52 bits per heavy atom. The summed E-state index contributed by atoms with van der Waals surface area (Å²) in [5.41, 5.74) is 1.37. The van der Waals surface area contributed by atoms with E-state index in [2.05, 4.69) is 18.1 Å². The lowest BCUT2D eigenvalue weighted by atomic mass is 10.3. The maximum absolute atomic E-state index is 9.60. The highest BCUT2D eigenvalue weighted by Crippen LogP contribution is 1.94. The fourth-order valence-electron chi connectivity index (χ4n) is 0.645. The number of allylic oxidation sites excluding steroid dienone is 1. The lowest BCUT2D eigenvalue weighted by Crippen LogP contribution is -1.92. The smallest absolute Gasteiger partial charge is 0.330 e. The molecule has 21 heavy (non-hydrogen) atoms. The Labute approximate surface area is 125 Å². The molecule has 0 saturated carbocycles. The highest BCUT2D eigenvalue weighted by Gasteiger charge is 1.90. The van der Waals surface area contributed by atoms with Gasteiger partial charge in [-0.1, -0.05) is 25.3 Å². The third-order valence-electron chi connectivity index (χ3n) is 1.76. The summed E-state index contributed by atoms with van der Waals surface area (Å²) in [5.74, 6) is -1.87. The summed E-state index contributed by atoms with van der Waals surface area (Å²) in [5, 5.41) is 15.8. The predicted molar refractivity (Wildman–Crippen MR) is 83.8 cm³/mol. The van der Waals surface area contributed by atoms with Gasteiger partial charge in [0.25, 0.3) is 0 Å². The van der Waals surface area contributed by atoms with Crippen molar-refractivity contribution in [3.8, 4) is 0 Å². The van der Waals surface area contributed by atoms with Crippen molar-refractivity contribution in [3.05, 3.63) is 60.5 Å². The molecular formula is C16H21NO4. The summed E-state index contributed by atoms with van der Waals surface area (Å²) in [6.45, 7) is 11.2.